The molecule has 0 aliphatic carbocycles. The van der Waals surface area contributed by atoms with Crippen molar-refractivity contribution in [3.63, 3.8) is 0 Å². The third-order valence-electron chi connectivity index (χ3n) is 2.14. The first-order valence-electron chi connectivity index (χ1n) is 5.09. The van der Waals surface area contributed by atoms with E-state index in [2.05, 4.69) is 5.16 Å². The second kappa shape index (κ2) is 5.76. The smallest absolute Gasteiger partial charge is 0.181 e. The van der Waals surface area contributed by atoms with Gasteiger partial charge in [-0.1, -0.05) is 12.1 Å². The third-order valence-corrected chi connectivity index (χ3v) is 2.14. The molecule has 0 radical (unpaired) electrons. The van der Waals surface area contributed by atoms with Crippen LogP contribution in [0.15, 0.2) is 29.4 Å². The highest BCUT2D eigenvalue weighted by atomic mass is 16.5. The quantitative estimate of drug-likeness (QED) is 0.480. The summed E-state index contributed by atoms with van der Waals surface area (Å²) in [4.78, 5) is 0. The molecule has 0 amide bonds. The SMILES string of the molecule is CCC(=NO)c1ccc(OC(C)C#N)cc1. The van der Waals surface area contributed by atoms with Crippen LogP contribution in [0.3, 0.4) is 0 Å². The molecule has 1 unspecified atom stereocenters. The Kier molecular flexibility index (Phi) is 4.34. The summed E-state index contributed by atoms with van der Waals surface area (Å²) >= 11 is 0. The van der Waals surface area contributed by atoms with Crippen LogP contribution in [0.1, 0.15) is 25.8 Å². The van der Waals surface area contributed by atoms with E-state index in [-0.39, 0.29) is 0 Å². The minimum absolute atomic E-state index is 0.469. The van der Waals surface area contributed by atoms with Crippen LogP contribution in [-0.4, -0.2) is 17.0 Å². The average molecular weight is 218 g/mol. The van der Waals surface area contributed by atoms with Crippen molar-refractivity contribution in [3.8, 4) is 11.8 Å². The number of nitriles is 1. The Labute approximate surface area is 94.8 Å². The second-order valence-corrected chi connectivity index (χ2v) is 3.31. The summed E-state index contributed by atoms with van der Waals surface area (Å²) in [5.74, 6) is 0.631. The maximum Gasteiger partial charge on any atom is 0.181 e. The maximum absolute atomic E-state index is 8.75. The normalized spacial score (nSPS) is 12.9. The number of oxime groups is 1. The molecule has 4 heteroatoms. The van der Waals surface area contributed by atoms with Crippen molar-refractivity contribution in [1.82, 2.24) is 0 Å². The Morgan fingerprint density at radius 3 is 2.56 bits per heavy atom. The lowest BCUT2D eigenvalue weighted by Crippen LogP contribution is -2.08. The zero-order valence-corrected chi connectivity index (χ0v) is 9.34. The van der Waals surface area contributed by atoms with Gasteiger partial charge in [0.1, 0.15) is 11.8 Å². The standard InChI is InChI=1S/C12H14N2O2/c1-3-12(14-15)10-4-6-11(7-5-10)16-9(2)8-13/h4-7,9,15H,3H2,1-2H3. The van der Waals surface area contributed by atoms with Gasteiger partial charge in [-0.05, 0) is 43.2 Å². The molecule has 4 nitrogen and oxygen atoms in total. The van der Waals surface area contributed by atoms with Crippen LogP contribution in [0.4, 0.5) is 0 Å². The number of nitrogens with zero attached hydrogens (tertiary/aromatic N) is 2. The van der Waals surface area contributed by atoms with Crippen LogP contribution in [0, 0.1) is 11.3 Å². The molecular weight excluding hydrogens is 204 g/mol. The van der Waals surface area contributed by atoms with E-state index in [1.165, 1.54) is 0 Å². The first-order valence-corrected chi connectivity index (χ1v) is 5.09. The predicted octanol–water partition coefficient (Wildman–Crippen LogP) is 2.57. The summed E-state index contributed by atoms with van der Waals surface area (Å²) in [5.41, 5.74) is 1.47. The van der Waals surface area contributed by atoms with E-state index in [0.29, 0.717) is 17.9 Å². The van der Waals surface area contributed by atoms with Gasteiger partial charge in [-0.3, -0.25) is 0 Å². The van der Waals surface area contributed by atoms with Crippen molar-refractivity contribution >= 4 is 5.71 Å². The lowest BCUT2D eigenvalue weighted by Gasteiger charge is -2.08. The van der Waals surface area contributed by atoms with Crippen LogP contribution >= 0.6 is 0 Å². The van der Waals surface area contributed by atoms with Crippen LogP contribution in [0.25, 0.3) is 0 Å². The molecule has 0 saturated carbocycles. The molecule has 1 N–H and O–H groups in total. The highest BCUT2D eigenvalue weighted by molar-refractivity contribution is 6.00. The van der Waals surface area contributed by atoms with Gasteiger partial charge in [0.25, 0.3) is 0 Å². The molecule has 0 aliphatic rings. The molecule has 0 aromatic heterocycles. The van der Waals surface area contributed by atoms with E-state index in [4.69, 9.17) is 15.2 Å². The van der Waals surface area contributed by atoms with Crippen LogP contribution < -0.4 is 4.74 Å². The first kappa shape index (κ1) is 12.1. The van der Waals surface area contributed by atoms with Crippen molar-refractivity contribution in [2.75, 3.05) is 0 Å². The molecule has 16 heavy (non-hydrogen) atoms. The van der Waals surface area contributed by atoms with Gasteiger partial charge in [0.2, 0.25) is 0 Å². The molecule has 0 spiro atoms. The number of ether oxygens (including phenoxy) is 1. The van der Waals surface area contributed by atoms with Gasteiger partial charge < -0.3 is 9.94 Å². The topological polar surface area (TPSA) is 65.6 Å². The Balaban J connectivity index is 2.80. The van der Waals surface area contributed by atoms with E-state index >= 15 is 0 Å². The Morgan fingerprint density at radius 2 is 2.12 bits per heavy atom. The van der Waals surface area contributed by atoms with Crippen molar-refractivity contribution < 1.29 is 9.94 Å². The van der Waals surface area contributed by atoms with Gasteiger partial charge in [-0.15, -0.1) is 0 Å². The molecule has 1 atom stereocenters. The predicted molar refractivity (Wildman–Crippen MR) is 60.8 cm³/mol. The second-order valence-electron chi connectivity index (χ2n) is 3.31. The van der Waals surface area contributed by atoms with Gasteiger partial charge in [-0.25, -0.2) is 0 Å². The van der Waals surface area contributed by atoms with E-state index in [0.717, 1.165) is 5.56 Å². The van der Waals surface area contributed by atoms with Crippen molar-refractivity contribution in [2.45, 2.75) is 26.4 Å². The summed E-state index contributed by atoms with van der Waals surface area (Å²) in [6.45, 7) is 3.60. The monoisotopic (exact) mass is 218 g/mol. The number of rotatable bonds is 4. The Morgan fingerprint density at radius 1 is 1.50 bits per heavy atom. The van der Waals surface area contributed by atoms with E-state index in [9.17, 15) is 0 Å². The molecule has 84 valence electrons. The fourth-order valence-electron chi connectivity index (χ4n) is 1.29. The Hall–Kier alpha value is -2.02. The molecular formula is C12H14N2O2. The van der Waals surface area contributed by atoms with Crippen LogP contribution in [-0.2, 0) is 0 Å². The highest BCUT2D eigenvalue weighted by Crippen LogP contribution is 2.15. The van der Waals surface area contributed by atoms with E-state index in [1.54, 1.807) is 31.2 Å². The molecule has 0 fully saturated rings. The molecule has 1 aromatic carbocycles. The number of hydrogen-bond acceptors (Lipinski definition) is 4. The zero-order chi connectivity index (χ0) is 12.0. The fourth-order valence-corrected chi connectivity index (χ4v) is 1.29. The minimum atomic E-state index is -0.469. The van der Waals surface area contributed by atoms with Crippen molar-refractivity contribution in [1.29, 1.82) is 5.26 Å². The summed E-state index contributed by atoms with van der Waals surface area (Å²) in [6, 6.07) is 9.10. The molecule has 0 heterocycles. The maximum atomic E-state index is 8.75. The third kappa shape index (κ3) is 2.99. The largest absolute Gasteiger partial charge is 0.476 e. The number of hydrogen-bond donors (Lipinski definition) is 1. The van der Waals surface area contributed by atoms with E-state index in [1.807, 2.05) is 13.0 Å². The lowest BCUT2D eigenvalue weighted by atomic mass is 10.1. The van der Waals surface area contributed by atoms with Crippen molar-refractivity contribution in [3.05, 3.63) is 29.8 Å². The average Bonchev–Trinajstić information content (AvgIpc) is 2.32. The summed E-state index contributed by atoms with van der Waals surface area (Å²) in [7, 11) is 0. The van der Waals surface area contributed by atoms with Gasteiger partial charge >= 0.3 is 0 Å². The lowest BCUT2D eigenvalue weighted by molar-refractivity contribution is 0.276. The van der Waals surface area contributed by atoms with Gasteiger partial charge in [-0.2, -0.15) is 5.26 Å². The molecule has 0 aliphatic heterocycles. The van der Waals surface area contributed by atoms with Crippen LogP contribution in [0.2, 0.25) is 0 Å². The van der Waals surface area contributed by atoms with E-state index < -0.39 is 6.10 Å². The molecule has 0 saturated heterocycles. The van der Waals surface area contributed by atoms with Crippen LogP contribution in [0.5, 0.6) is 5.75 Å². The highest BCUT2D eigenvalue weighted by Gasteiger charge is 2.04. The zero-order valence-electron chi connectivity index (χ0n) is 9.34. The fraction of sp³-hybridized carbons (Fsp3) is 0.333. The molecule has 0 bridgehead atoms. The summed E-state index contributed by atoms with van der Waals surface area (Å²) in [6.07, 6.45) is 0.189. The molecule has 1 aromatic rings. The number of benzene rings is 1. The molecule has 1 rings (SSSR count). The van der Waals surface area contributed by atoms with Gasteiger partial charge in [0, 0.05) is 0 Å². The Bertz CT molecular complexity index is 404. The summed E-state index contributed by atoms with van der Waals surface area (Å²) in [5, 5.41) is 20.5. The van der Waals surface area contributed by atoms with Crippen molar-refractivity contribution in [2.24, 2.45) is 5.16 Å². The summed E-state index contributed by atoms with van der Waals surface area (Å²) < 4.78 is 5.30. The minimum Gasteiger partial charge on any atom is -0.476 e. The first-order chi connectivity index (χ1) is 7.71. The van der Waals surface area contributed by atoms with Gasteiger partial charge in [0.05, 0.1) is 5.71 Å². The van der Waals surface area contributed by atoms with Gasteiger partial charge in [0.15, 0.2) is 6.10 Å².